The Bertz CT molecular complexity index is 5210. The van der Waals surface area contributed by atoms with Gasteiger partial charge in [-0.1, -0.05) is 53.6 Å². The number of carboxylic acid groups (broad SMARTS) is 5. The van der Waals surface area contributed by atoms with Crippen LogP contribution in [0.5, 0.6) is 0 Å². The quantitative estimate of drug-likeness (QED) is 0.00655. The number of nitrogens with two attached hydrogens (primary N) is 6. The first-order valence-electron chi connectivity index (χ1n) is 45.4. The Hall–Kier alpha value is -15.3. The first-order valence-corrected chi connectivity index (χ1v) is 47.3. The van der Waals surface area contributed by atoms with Crippen LogP contribution in [-0.2, 0) is 95.6 Å². The standard InChI is InChI=1S/C16H20N2O3.C13H16N2O3S.C12H11F2NO2.C11H16FNO3.2C11H17NO3.C9H10N2O2S.C7H10FNO2.2C7H11NO2/c1-4-14(12-6-8-13(17)9-7-12)15(18-11(3)19)10-16(20)21-5-2;1-4-10(12-7-19-8-14-12)11(15-9(3)16)6-13(17)18-5-2;13-9-4-8(5-10(14)6-9)2-1-3-11(15)7-12(16)17;1-4-6-9(12)10(13-8(3)14)7-11(15)16-5-2;2*1-4-6-7-10(12-9(3)13)8-11(14)15-5-2;1-2-6(7(10)3-9(12)13)8-4-14-5-11-8;1-2-3-5(8)6(9)4-7(10)11;2*1-2-3-4-6(8)5-7(9)10/h1,6-9,14-15H,5,10,17H2,2-3H3,(H,18,19);1,7-8,10-11H,5-6H2,2-3H3,(H,15,16);4-6,11H,3,7,15H2,(H,16,17);9-10H,5,7H2,1-3H3,(H,13,14);2*10H,5,7-8H2,1-3H3,(H,12,13);1,4-7H,3,10H2,(H,12,13);5-6H,4,9H2,1H3,(H,10,11);2*6H,4-5,8H2,1H3,(H,9,10)/t14-,15-;10-,11+;11-;9-,10-;2*10-;6-,7+;5-,6-;2*6-/m1000000110/s1. The summed E-state index contributed by atoms with van der Waals surface area (Å²) in [7, 11) is 0. The third-order valence-electron chi connectivity index (χ3n) is 17.1. The number of thiazole rings is 2. The summed E-state index contributed by atoms with van der Waals surface area (Å²) >= 11 is 2.82. The molecule has 0 bridgehead atoms. The first kappa shape index (κ1) is 143. The lowest BCUT2D eigenvalue weighted by Crippen LogP contribution is -2.41. The summed E-state index contributed by atoms with van der Waals surface area (Å²) in [5.74, 6) is 33.0. The normalized spacial score (nSPS) is 12.4. The van der Waals surface area contributed by atoms with E-state index in [1.165, 1.54) is 71.1 Å². The van der Waals surface area contributed by atoms with Crippen molar-refractivity contribution in [3.05, 3.63) is 98.4 Å². The van der Waals surface area contributed by atoms with Crippen LogP contribution in [0.2, 0.25) is 0 Å². The molecule has 0 spiro atoms. The average molecular weight is 2110 g/mol. The maximum Gasteiger partial charge on any atom is 0.308 e. The summed E-state index contributed by atoms with van der Waals surface area (Å²) in [6.07, 6.45) is 14.7. The zero-order valence-corrected chi connectivity index (χ0v) is 87.6. The molecule has 4 aromatic rings. The number of esters is 5. The van der Waals surface area contributed by atoms with Gasteiger partial charge in [0.1, 0.15) is 11.6 Å². The van der Waals surface area contributed by atoms with Gasteiger partial charge in [-0.25, -0.2) is 27.5 Å². The number of hydrogen-bond donors (Lipinski definition) is 16. The molecule has 2 aromatic heterocycles. The number of ether oxygens (including phenoxy) is 5. The number of alkyl halides is 2. The van der Waals surface area contributed by atoms with Crippen LogP contribution in [0, 0.1) is 132 Å². The Morgan fingerprint density at radius 1 is 0.378 bits per heavy atom. The lowest BCUT2D eigenvalue weighted by Gasteiger charge is -2.23. The molecular formula is C104H139F4N13O25S2. The summed E-state index contributed by atoms with van der Waals surface area (Å²) < 4.78 is 75.7. The number of nitrogens with zero attached hydrogens (tertiary/aromatic N) is 2. The number of aromatic nitrogens is 2. The number of terminal acetylenes is 3. The van der Waals surface area contributed by atoms with Crippen molar-refractivity contribution in [2.45, 2.75) is 298 Å². The van der Waals surface area contributed by atoms with E-state index in [-0.39, 0.29) is 143 Å². The van der Waals surface area contributed by atoms with Gasteiger partial charge in [-0.3, -0.25) is 71.9 Å². The van der Waals surface area contributed by atoms with E-state index in [4.69, 9.17) is 98.2 Å². The molecule has 0 aliphatic heterocycles. The van der Waals surface area contributed by atoms with Gasteiger partial charge in [0.25, 0.3) is 0 Å². The molecule has 5 amide bonds. The van der Waals surface area contributed by atoms with Crippen LogP contribution in [0.4, 0.5) is 23.2 Å². The highest BCUT2D eigenvalue weighted by atomic mass is 32.1. The summed E-state index contributed by atoms with van der Waals surface area (Å²) in [5, 5.41) is 58.4. The fourth-order valence-electron chi connectivity index (χ4n) is 11.0. The molecule has 4 rings (SSSR count). The van der Waals surface area contributed by atoms with Crippen LogP contribution in [-0.4, -0.2) is 231 Å². The average Bonchev–Trinajstić information content (AvgIpc) is 0.871. The van der Waals surface area contributed by atoms with Crippen LogP contribution in [0.25, 0.3) is 0 Å². The lowest BCUT2D eigenvalue weighted by atomic mass is 9.90. The largest absolute Gasteiger partial charge is 0.481 e. The summed E-state index contributed by atoms with van der Waals surface area (Å²) in [4.78, 5) is 171. The second-order valence-electron chi connectivity index (χ2n) is 30.1. The molecule has 0 radical (unpaired) electrons. The second kappa shape index (κ2) is 90.4. The summed E-state index contributed by atoms with van der Waals surface area (Å²) in [6, 6.07) is 4.64. The number of aliphatic carboxylic acids is 5. The first-order chi connectivity index (χ1) is 69.8. The molecule has 0 saturated carbocycles. The lowest BCUT2D eigenvalue weighted by molar-refractivity contribution is -0.145. The Balaban J connectivity index is -0.000000381. The van der Waals surface area contributed by atoms with Crippen molar-refractivity contribution < 1.29 is 139 Å². The second-order valence-corrected chi connectivity index (χ2v) is 31.5. The number of nitrogen functional groups attached to an aromatic ring is 1. The van der Waals surface area contributed by atoms with E-state index in [1.807, 2.05) is 5.38 Å². The van der Waals surface area contributed by atoms with Crippen molar-refractivity contribution in [2.24, 2.45) is 28.7 Å². The van der Waals surface area contributed by atoms with Crippen molar-refractivity contribution in [1.29, 1.82) is 0 Å². The molecule has 810 valence electrons. The number of carbonyl (C=O) groups excluding carboxylic acids is 10. The zero-order valence-electron chi connectivity index (χ0n) is 86.0. The van der Waals surface area contributed by atoms with Crippen LogP contribution >= 0.6 is 22.7 Å². The van der Waals surface area contributed by atoms with E-state index in [2.05, 4.69) is 142 Å². The minimum atomic E-state index is -1.57. The molecule has 148 heavy (non-hydrogen) atoms. The van der Waals surface area contributed by atoms with E-state index >= 15 is 0 Å². The van der Waals surface area contributed by atoms with Gasteiger partial charge in [0.05, 0.1) is 174 Å². The molecule has 0 unspecified atom stereocenters. The molecular weight excluding hydrogens is 1970 g/mol. The molecule has 15 atom stereocenters. The molecule has 38 nitrogen and oxygen atoms in total. The zero-order chi connectivity index (χ0) is 114. The molecule has 22 N–H and O–H groups in total. The molecule has 0 aliphatic carbocycles. The maximum atomic E-state index is 13.4. The van der Waals surface area contributed by atoms with Gasteiger partial charge in [-0.15, -0.1) is 101 Å². The molecule has 0 fully saturated rings. The predicted octanol–water partition coefficient (Wildman–Crippen LogP) is 8.01. The van der Waals surface area contributed by atoms with Crippen molar-refractivity contribution in [3.8, 4) is 120 Å². The van der Waals surface area contributed by atoms with Gasteiger partial charge in [0.15, 0.2) is 12.3 Å². The number of benzene rings is 2. The molecule has 0 saturated heterocycles. The number of nitrogens with one attached hydrogen (secondary N) is 5. The predicted molar refractivity (Wildman–Crippen MR) is 552 cm³/mol. The number of carboxylic acids is 5. The molecule has 2 aromatic carbocycles. The van der Waals surface area contributed by atoms with Crippen LogP contribution in [0.3, 0.4) is 0 Å². The topological polar surface area (TPSA) is 645 Å². The fraction of sp³-hybridized carbons (Fsp3) is 0.490. The minimum Gasteiger partial charge on any atom is -0.481 e. The van der Waals surface area contributed by atoms with Crippen LogP contribution < -0.4 is 61.0 Å². The monoisotopic (exact) mass is 2110 g/mol. The number of hydrogen-bond acceptors (Lipinski definition) is 30. The van der Waals surface area contributed by atoms with E-state index in [0.29, 0.717) is 62.6 Å². The number of amides is 5. The SMILES string of the molecule is C#C[C@H](c1ccc(N)cc1)[C@@H](CC(=O)OCC)NC(C)=O.C#C[C@H](c1cscn1)[C@@H](CC(=O)OCC)NC(C)=O.C#C[C@H](c1cscn1)[C@H](N)CC(=O)O.CC#CC[C@@H](CC(=O)OCC)NC(C)=O.CC#CC[C@@H](CC(=O)OCC)NC(C)=O.CC#CC[C@@H](N)CC(=O)O.CC#CC[C@H](N)CC(=O)O.CC#C[C@@H](F)[C@H](N)CC(=O)O.CC#C[C@H](F)[C@H](CC(=O)OCC)NC(C)=O.N[C@@H](CC#Cc1cc(F)cc(F)c1)CC(=O)O. The molecule has 2 heterocycles. The van der Waals surface area contributed by atoms with Gasteiger partial charge >= 0.3 is 59.7 Å². The highest BCUT2D eigenvalue weighted by molar-refractivity contribution is 7.07. The van der Waals surface area contributed by atoms with Crippen molar-refractivity contribution in [2.75, 3.05) is 38.8 Å². The van der Waals surface area contributed by atoms with Gasteiger partial charge in [-0.05, 0) is 106 Å². The minimum absolute atomic E-state index is 0.00528. The van der Waals surface area contributed by atoms with Crippen molar-refractivity contribution >= 4 is 118 Å². The van der Waals surface area contributed by atoms with E-state index in [1.54, 1.807) is 103 Å². The number of carbonyl (C=O) groups is 15. The fourth-order valence-corrected chi connectivity index (χ4v) is 12.2. The van der Waals surface area contributed by atoms with Crippen molar-refractivity contribution in [1.82, 2.24) is 36.6 Å². The molecule has 44 heteroatoms. The third kappa shape index (κ3) is 84.1. The van der Waals surface area contributed by atoms with E-state index in [0.717, 1.165) is 23.8 Å². The van der Waals surface area contributed by atoms with E-state index < -0.39 is 138 Å². The summed E-state index contributed by atoms with van der Waals surface area (Å²) in [5.41, 5.74) is 39.0. The van der Waals surface area contributed by atoms with Gasteiger partial charge in [0, 0.05) is 119 Å². The number of halogens is 4. The Morgan fingerprint density at radius 3 is 0.980 bits per heavy atom. The highest BCUT2D eigenvalue weighted by Crippen LogP contribution is 2.25. The number of rotatable bonds is 43. The van der Waals surface area contributed by atoms with Crippen LogP contribution in [0.1, 0.15) is 247 Å². The molecule has 0 aliphatic rings. The Labute approximate surface area is 871 Å². The van der Waals surface area contributed by atoms with Crippen LogP contribution in [0.15, 0.2) is 64.2 Å². The maximum absolute atomic E-state index is 13.4. The smallest absolute Gasteiger partial charge is 0.308 e. The third-order valence-corrected chi connectivity index (χ3v) is 18.3. The Kier molecular flexibility index (Phi) is 87.6. The van der Waals surface area contributed by atoms with E-state index in [9.17, 15) is 89.5 Å². The highest BCUT2D eigenvalue weighted by Gasteiger charge is 2.30. The van der Waals surface area contributed by atoms with Crippen molar-refractivity contribution in [3.63, 3.8) is 0 Å². The van der Waals surface area contributed by atoms with Gasteiger partial charge in [0.2, 0.25) is 29.5 Å². The Morgan fingerprint density at radius 2 is 0.676 bits per heavy atom. The number of anilines is 1. The summed E-state index contributed by atoms with van der Waals surface area (Å²) in [6.45, 7) is 26.8. The van der Waals surface area contributed by atoms with Gasteiger partial charge < -0.3 is 110 Å². The van der Waals surface area contributed by atoms with Gasteiger partial charge in [-0.2, -0.15) is 0 Å².